The van der Waals surface area contributed by atoms with Gasteiger partial charge >= 0.3 is 0 Å². The van der Waals surface area contributed by atoms with Crippen LogP contribution in [0.3, 0.4) is 0 Å². The molecule has 7 heteroatoms. The molecular weight excluding hydrogens is 232 g/mol. The maximum Gasteiger partial charge on any atom is 0.158 e. The van der Waals surface area contributed by atoms with Crippen LogP contribution in [0.4, 0.5) is 11.6 Å². The van der Waals surface area contributed by atoms with Gasteiger partial charge in [0.15, 0.2) is 5.82 Å². The van der Waals surface area contributed by atoms with E-state index in [4.69, 9.17) is 10.6 Å². The Kier molecular flexibility index (Phi) is 6.34. The summed E-state index contributed by atoms with van der Waals surface area (Å²) in [7, 11) is 3.68. The fraction of sp³-hybridized carbons (Fsp3) is 0.636. The van der Waals surface area contributed by atoms with Crippen LogP contribution < -0.4 is 16.6 Å². The van der Waals surface area contributed by atoms with Gasteiger partial charge in [0.2, 0.25) is 0 Å². The Hall–Kier alpha value is -1.44. The van der Waals surface area contributed by atoms with Crippen LogP contribution in [0.2, 0.25) is 0 Å². The van der Waals surface area contributed by atoms with Gasteiger partial charge in [-0.15, -0.1) is 0 Å². The fourth-order valence-corrected chi connectivity index (χ4v) is 1.39. The molecule has 0 aromatic carbocycles. The van der Waals surface area contributed by atoms with Crippen LogP contribution in [0.1, 0.15) is 12.7 Å². The molecule has 0 unspecified atom stereocenters. The largest absolute Gasteiger partial charge is 0.377 e. The summed E-state index contributed by atoms with van der Waals surface area (Å²) in [5, 5.41) is 3.24. The summed E-state index contributed by atoms with van der Waals surface area (Å²) in [5.41, 5.74) is 2.52. The van der Waals surface area contributed by atoms with Crippen molar-refractivity contribution in [3.05, 3.63) is 11.9 Å². The Morgan fingerprint density at radius 3 is 2.72 bits per heavy atom. The molecule has 0 atom stereocenters. The summed E-state index contributed by atoms with van der Waals surface area (Å²) in [6, 6.07) is 1.77. The SMILES string of the molecule is CCN(C)CCNc1cc(NN)nc(COC)n1. The molecule has 0 fully saturated rings. The standard InChI is InChI=1S/C11H22N6O/c1-4-17(2)6-5-13-9-7-10(16-12)15-11(14-9)8-18-3/h7H,4-6,8,12H2,1-3H3,(H2,13,14,15,16). The Balaban J connectivity index is 2.60. The van der Waals surface area contributed by atoms with Gasteiger partial charge in [0.1, 0.15) is 18.2 Å². The lowest BCUT2D eigenvalue weighted by atomic mass is 10.4. The lowest BCUT2D eigenvalue weighted by molar-refractivity contribution is 0.178. The van der Waals surface area contributed by atoms with Gasteiger partial charge in [-0.05, 0) is 13.6 Å². The van der Waals surface area contributed by atoms with Crippen molar-refractivity contribution in [3.8, 4) is 0 Å². The lowest BCUT2D eigenvalue weighted by Crippen LogP contribution is -2.25. The summed E-state index contributed by atoms with van der Waals surface area (Å²) < 4.78 is 5.01. The lowest BCUT2D eigenvalue weighted by Gasteiger charge is -2.15. The number of methoxy groups -OCH3 is 1. The molecule has 0 saturated carbocycles. The Bertz CT molecular complexity index is 359. The number of hydrazine groups is 1. The molecule has 4 N–H and O–H groups in total. The van der Waals surface area contributed by atoms with E-state index >= 15 is 0 Å². The number of aromatic nitrogens is 2. The highest BCUT2D eigenvalue weighted by atomic mass is 16.5. The van der Waals surface area contributed by atoms with E-state index in [0.29, 0.717) is 18.2 Å². The second-order valence-corrected chi connectivity index (χ2v) is 3.95. The summed E-state index contributed by atoms with van der Waals surface area (Å²) in [4.78, 5) is 10.7. The monoisotopic (exact) mass is 254 g/mol. The van der Waals surface area contributed by atoms with Crippen molar-refractivity contribution in [2.45, 2.75) is 13.5 Å². The van der Waals surface area contributed by atoms with Crippen LogP contribution >= 0.6 is 0 Å². The summed E-state index contributed by atoms with van der Waals surface area (Å²) in [6.07, 6.45) is 0. The molecule has 18 heavy (non-hydrogen) atoms. The van der Waals surface area contributed by atoms with E-state index < -0.39 is 0 Å². The highest BCUT2D eigenvalue weighted by molar-refractivity contribution is 5.46. The summed E-state index contributed by atoms with van der Waals surface area (Å²) in [6.45, 7) is 5.27. The number of hydrogen-bond donors (Lipinski definition) is 3. The zero-order chi connectivity index (χ0) is 13.4. The van der Waals surface area contributed by atoms with Gasteiger partial charge in [0.25, 0.3) is 0 Å². The van der Waals surface area contributed by atoms with Gasteiger partial charge in [-0.3, -0.25) is 0 Å². The molecule has 0 aliphatic rings. The quantitative estimate of drug-likeness (QED) is 0.453. The number of hydrogen-bond acceptors (Lipinski definition) is 7. The number of nitrogens with one attached hydrogen (secondary N) is 2. The van der Waals surface area contributed by atoms with E-state index in [-0.39, 0.29) is 0 Å². The second-order valence-electron chi connectivity index (χ2n) is 3.95. The van der Waals surface area contributed by atoms with Crippen LogP contribution in [0.25, 0.3) is 0 Å². The maximum atomic E-state index is 5.37. The molecule has 102 valence electrons. The molecule has 1 rings (SSSR count). The average Bonchev–Trinajstić information content (AvgIpc) is 2.38. The fourth-order valence-electron chi connectivity index (χ4n) is 1.39. The Morgan fingerprint density at radius 1 is 1.39 bits per heavy atom. The predicted octanol–water partition coefficient (Wildman–Crippen LogP) is 0.272. The highest BCUT2D eigenvalue weighted by Gasteiger charge is 2.04. The van der Waals surface area contributed by atoms with E-state index in [0.717, 1.165) is 25.5 Å². The number of ether oxygens (including phenoxy) is 1. The van der Waals surface area contributed by atoms with Crippen molar-refractivity contribution in [1.29, 1.82) is 0 Å². The first kappa shape index (κ1) is 14.6. The zero-order valence-corrected chi connectivity index (χ0v) is 11.2. The molecule has 0 radical (unpaired) electrons. The Morgan fingerprint density at radius 2 is 2.11 bits per heavy atom. The van der Waals surface area contributed by atoms with Crippen LogP contribution in [-0.4, -0.2) is 48.7 Å². The van der Waals surface area contributed by atoms with Crippen LogP contribution in [0.15, 0.2) is 6.07 Å². The van der Waals surface area contributed by atoms with E-state index in [1.165, 1.54) is 0 Å². The molecule has 0 aliphatic carbocycles. The average molecular weight is 254 g/mol. The summed E-state index contributed by atoms with van der Waals surface area (Å²) in [5.74, 6) is 7.28. The molecule has 0 amide bonds. The third-order valence-electron chi connectivity index (χ3n) is 2.53. The normalized spacial score (nSPS) is 10.7. The highest BCUT2D eigenvalue weighted by Crippen LogP contribution is 2.10. The van der Waals surface area contributed by atoms with Crippen molar-refractivity contribution in [3.63, 3.8) is 0 Å². The number of nitrogens with two attached hydrogens (primary N) is 1. The van der Waals surface area contributed by atoms with Gasteiger partial charge in [-0.25, -0.2) is 15.8 Å². The molecule has 0 aliphatic heterocycles. The zero-order valence-electron chi connectivity index (χ0n) is 11.2. The molecular formula is C11H22N6O. The van der Waals surface area contributed by atoms with Crippen molar-refractivity contribution in [2.75, 3.05) is 44.5 Å². The van der Waals surface area contributed by atoms with Crippen LogP contribution in [-0.2, 0) is 11.3 Å². The smallest absolute Gasteiger partial charge is 0.158 e. The molecule has 0 saturated heterocycles. The first-order valence-electron chi connectivity index (χ1n) is 5.95. The maximum absolute atomic E-state index is 5.37. The minimum atomic E-state index is 0.360. The van der Waals surface area contributed by atoms with E-state index in [1.54, 1.807) is 13.2 Å². The molecule has 7 nitrogen and oxygen atoms in total. The first-order valence-corrected chi connectivity index (χ1v) is 5.95. The van der Waals surface area contributed by atoms with E-state index in [2.05, 4.69) is 39.6 Å². The number of likely N-dealkylation sites (N-methyl/N-ethyl adjacent to an activating group) is 1. The van der Waals surface area contributed by atoms with Crippen molar-refractivity contribution in [2.24, 2.45) is 5.84 Å². The van der Waals surface area contributed by atoms with Crippen molar-refractivity contribution >= 4 is 11.6 Å². The van der Waals surface area contributed by atoms with Crippen LogP contribution in [0.5, 0.6) is 0 Å². The van der Waals surface area contributed by atoms with Gasteiger partial charge in [0.05, 0.1) is 0 Å². The second kappa shape index (κ2) is 7.80. The van der Waals surface area contributed by atoms with Crippen molar-refractivity contribution < 1.29 is 4.74 Å². The van der Waals surface area contributed by atoms with Gasteiger partial charge in [-0.1, -0.05) is 6.92 Å². The third kappa shape index (κ3) is 4.82. The molecule has 0 spiro atoms. The number of rotatable bonds is 8. The number of anilines is 2. The van der Waals surface area contributed by atoms with Gasteiger partial charge in [-0.2, -0.15) is 0 Å². The predicted molar refractivity (Wildman–Crippen MR) is 72.2 cm³/mol. The molecule has 1 heterocycles. The minimum absolute atomic E-state index is 0.360. The summed E-state index contributed by atoms with van der Waals surface area (Å²) >= 11 is 0. The van der Waals surface area contributed by atoms with Crippen molar-refractivity contribution in [1.82, 2.24) is 14.9 Å². The topological polar surface area (TPSA) is 88.3 Å². The number of nitrogens with zero attached hydrogens (tertiary/aromatic N) is 3. The third-order valence-corrected chi connectivity index (χ3v) is 2.53. The minimum Gasteiger partial charge on any atom is -0.377 e. The first-order chi connectivity index (χ1) is 8.69. The van der Waals surface area contributed by atoms with Crippen LogP contribution in [0, 0.1) is 0 Å². The number of nitrogen functional groups attached to an aromatic ring is 1. The van der Waals surface area contributed by atoms with E-state index in [9.17, 15) is 0 Å². The van der Waals surface area contributed by atoms with Gasteiger partial charge < -0.3 is 20.4 Å². The van der Waals surface area contributed by atoms with E-state index in [1.807, 2.05) is 0 Å². The molecule has 1 aromatic heterocycles. The molecule has 0 bridgehead atoms. The molecule has 1 aromatic rings. The van der Waals surface area contributed by atoms with Gasteiger partial charge in [0, 0.05) is 26.3 Å². The Labute approximate surface area is 108 Å².